The van der Waals surface area contributed by atoms with Gasteiger partial charge in [-0.05, 0) is 25.1 Å². The van der Waals surface area contributed by atoms with Gasteiger partial charge >= 0.3 is 0 Å². The van der Waals surface area contributed by atoms with Gasteiger partial charge in [-0.2, -0.15) is 0 Å². The average Bonchev–Trinajstić information content (AvgIpc) is 3.18. The number of benzene rings is 1. The monoisotopic (exact) mass is 292 g/mol. The number of nitrogens with one attached hydrogen (secondary N) is 2. The van der Waals surface area contributed by atoms with Crippen LogP contribution in [-0.2, 0) is 0 Å². The van der Waals surface area contributed by atoms with Gasteiger partial charge in [0.2, 0.25) is 0 Å². The lowest BCUT2D eigenvalue weighted by Crippen LogP contribution is -3.10. The minimum Gasteiger partial charge on any atom is -0.358 e. The molecule has 3 aromatic rings. The minimum atomic E-state index is 0.404. The molecule has 0 radical (unpaired) electrons. The summed E-state index contributed by atoms with van der Waals surface area (Å²) in [5.74, 6) is 0. The lowest BCUT2D eigenvalue weighted by molar-refractivity contribution is -0.913. The van der Waals surface area contributed by atoms with Crippen molar-refractivity contribution in [2.75, 3.05) is 13.1 Å². The molecule has 1 aliphatic heterocycles. The summed E-state index contributed by atoms with van der Waals surface area (Å²) in [5.41, 5.74) is 5.37. The van der Waals surface area contributed by atoms with Gasteiger partial charge in [0.05, 0.1) is 13.1 Å². The summed E-state index contributed by atoms with van der Waals surface area (Å²) in [6.07, 6.45) is 6.50. The Hall–Kier alpha value is -2.13. The first kappa shape index (κ1) is 13.5. The number of hydrogen-bond donors (Lipinski definition) is 2. The minimum absolute atomic E-state index is 0.404. The zero-order valence-corrected chi connectivity index (χ0v) is 13.0. The van der Waals surface area contributed by atoms with Gasteiger partial charge in [0.25, 0.3) is 0 Å². The second kappa shape index (κ2) is 5.58. The van der Waals surface area contributed by atoms with Gasteiger partial charge in [-0.1, -0.05) is 18.2 Å². The molecule has 0 bridgehead atoms. The fourth-order valence-electron chi connectivity index (χ4n) is 3.95. The molecule has 112 valence electrons. The van der Waals surface area contributed by atoms with E-state index in [9.17, 15) is 0 Å². The first-order chi connectivity index (χ1) is 10.8. The van der Waals surface area contributed by atoms with Crippen molar-refractivity contribution >= 4 is 10.9 Å². The Kier molecular flexibility index (Phi) is 3.43. The van der Waals surface area contributed by atoms with Crippen LogP contribution in [0.1, 0.15) is 35.7 Å². The van der Waals surface area contributed by atoms with E-state index in [0.717, 1.165) is 0 Å². The molecule has 1 aromatic carbocycles. The molecule has 1 atom stereocenters. The number of aryl methyl sites for hydroxylation is 1. The summed E-state index contributed by atoms with van der Waals surface area (Å²) in [4.78, 5) is 9.45. The van der Waals surface area contributed by atoms with E-state index in [0.29, 0.717) is 6.04 Å². The van der Waals surface area contributed by atoms with Crippen molar-refractivity contribution in [2.45, 2.75) is 25.8 Å². The molecule has 1 fully saturated rings. The Balaban J connectivity index is 1.91. The lowest BCUT2D eigenvalue weighted by Gasteiger charge is -2.25. The van der Waals surface area contributed by atoms with E-state index < -0.39 is 0 Å². The molecule has 0 amide bonds. The predicted molar refractivity (Wildman–Crippen MR) is 89.0 cm³/mol. The number of likely N-dealkylation sites (tertiary alicyclic amines) is 1. The molecule has 3 heterocycles. The number of aromatic amines is 1. The molecule has 1 saturated heterocycles. The third-order valence-corrected chi connectivity index (χ3v) is 4.93. The van der Waals surface area contributed by atoms with Gasteiger partial charge in [0, 0.05) is 53.0 Å². The normalized spacial score (nSPS) is 17.1. The van der Waals surface area contributed by atoms with Crippen molar-refractivity contribution in [2.24, 2.45) is 0 Å². The number of hydrogen-bond acceptors (Lipinski definition) is 1. The fraction of sp³-hybridized carbons (Fsp3) is 0.316. The largest absolute Gasteiger partial charge is 0.358 e. The number of pyridine rings is 1. The van der Waals surface area contributed by atoms with Crippen LogP contribution in [0.4, 0.5) is 0 Å². The third kappa shape index (κ3) is 2.22. The van der Waals surface area contributed by atoms with E-state index >= 15 is 0 Å². The summed E-state index contributed by atoms with van der Waals surface area (Å²) in [5, 5.41) is 1.36. The fourth-order valence-corrected chi connectivity index (χ4v) is 3.95. The van der Waals surface area contributed by atoms with Crippen LogP contribution in [0.2, 0.25) is 0 Å². The van der Waals surface area contributed by atoms with Crippen LogP contribution in [-0.4, -0.2) is 23.1 Å². The van der Waals surface area contributed by atoms with Crippen LogP contribution >= 0.6 is 0 Å². The van der Waals surface area contributed by atoms with E-state index in [1.165, 1.54) is 53.7 Å². The highest BCUT2D eigenvalue weighted by Crippen LogP contribution is 2.30. The maximum Gasteiger partial charge on any atom is 0.141 e. The summed E-state index contributed by atoms with van der Waals surface area (Å²) in [7, 11) is 0. The molecule has 1 aliphatic rings. The first-order valence-corrected chi connectivity index (χ1v) is 8.16. The van der Waals surface area contributed by atoms with Gasteiger partial charge < -0.3 is 9.88 Å². The molecule has 2 N–H and O–H groups in total. The van der Waals surface area contributed by atoms with E-state index in [4.69, 9.17) is 0 Å². The van der Waals surface area contributed by atoms with Crippen molar-refractivity contribution < 1.29 is 4.90 Å². The lowest BCUT2D eigenvalue weighted by atomic mass is 9.95. The number of H-pyrrole nitrogens is 1. The molecular formula is C19H22N3+. The molecule has 4 rings (SSSR count). The van der Waals surface area contributed by atoms with Crippen LogP contribution in [0, 0.1) is 6.92 Å². The van der Waals surface area contributed by atoms with Crippen molar-refractivity contribution in [1.82, 2.24) is 9.97 Å². The Morgan fingerprint density at radius 3 is 2.55 bits per heavy atom. The van der Waals surface area contributed by atoms with Crippen molar-refractivity contribution in [3.63, 3.8) is 0 Å². The zero-order valence-electron chi connectivity index (χ0n) is 13.0. The number of quaternary nitrogens is 1. The number of para-hydroxylation sites is 1. The van der Waals surface area contributed by atoms with E-state index in [-0.39, 0.29) is 0 Å². The van der Waals surface area contributed by atoms with E-state index in [1.54, 1.807) is 4.90 Å². The van der Waals surface area contributed by atoms with Gasteiger partial charge in [-0.3, -0.25) is 4.98 Å². The Morgan fingerprint density at radius 2 is 1.77 bits per heavy atom. The van der Waals surface area contributed by atoms with E-state index in [1.807, 2.05) is 12.4 Å². The van der Waals surface area contributed by atoms with Crippen LogP contribution in [0.15, 0.2) is 48.8 Å². The van der Waals surface area contributed by atoms with Crippen LogP contribution in [0.25, 0.3) is 10.9 Å². The molecular weight excluding hydrogens is 270 g/mol. The van der Waals surface area contributed by atoms with Crippen molar-refractivity contribution in [1.29, 1.82) is 0 Å². The molecule has 22 heavy (non-hydrogen) atoms. The summed E-state index contributed by atoms with van der Waals surface area (Å²) < 4.78 is 0. The zero-order chi connectivity index (χ0) is 14.9. The Labute approximate surface area is 131 Å². The third-order valence-electron chi connectivity index (χ3n) is 4.93. The van der Waals surface area contributed by atoms with Gasteiger partial charge in [-0.25, -0.2) is 0 Å². The average molecular weight is 292 g/mol. The van der Waals surface area contributed by atoms with Gasteiger partial charge in [0.15, 0.2) is 0 Å². The maximum absolute atomic E-state index is 4.20. The second-order valence-electron chi connectivity index (χ2n) is 6.29. The number of fused-ring (bicyclic) bond motifs is 1. The molecule has 3 heteroatoms. The molecule has 2 aromatic heterocycles. The highest BCUT2D eigenvalue weighted by molar-refractivity contribution is 5.85. The Bertz CT molecular complexity index is 770. The van der Waals surface area contributed by atoms with Crippen LogP contribution in [0.3, 0.4) is 0 Å². The summed E-state index contributed by atoms with van der Waals surface area (Å²) >= 11 is 0. The number of nitrogens with zero attached hydrogens (tertiary/aromatic N) is 1. The van der Waals surface area contributed by atoms with Crippen molar-refractivity contribution in [3.05, 3.63) is 65.6 Å². The van der Waals surface area contributed by atoms with E-state index in [2.05, 4.69) is 53.3 Å². The highest BCUT2D eigenvalue weighted by atomic mass is 15.2. The maximum atomic E-state index is 4.20. The standard InChI is InChI=1S/C19H21N3/c1-14-18(16-6-2-3-7-17(16)21-14)19(22-12-4-5-13-22)15-8-10-20-11-9-15/h2-3,6-11,19,21H,4-5,12-13H2,1H3/p+1/t19-/m0/s1. The number of aromatic nitrogens is 2. The molecule has 0 spiro atoms. The van der Waals surface area contributed by atoms with Gasteiger partial charge in [0.1, 0.15) is 6.04 Å². The predicted octanol–water partition coefficient (Wildman–Crippen LogP) is 2.64. The second-order valence-corrected chi connectivity index (χ2v) is 6.29. The molecule has 0 unspecified atom stereocenters. The topological polar surface area (TPSA) is 33.1 Å². The molecule has 3 nitrogen and oxygen atoms in total. The molecule has 0 aliphatic carbocycles. The summed E-state index contributed by atoms with van der Waals surface area (Å²) in [6, 6.07) is 13.4. The van der Waals surface area contributed by atoms with Crippen LogP contribution < -0.4 is 4.90 Å². The quantitative estimate of drug-likeness (QED) is 0.764. The van der Waals surface area contributed by atoms with Gasteiger partial charge in [-0.15, -0.1) is 0 Å². The van der Waals surface area contributed by atoms with Crippen molar-refractivity contribution in [3.8, 4) is 0 Å². The highest BCUT2D eigenvalue weighted by Gasteiger charge is 2.32. The molecule has 0 saturated carbocycles. The smallest absolute Gasteiger partial charge is 0.141 e. The Morgan fingerprint density at radius 1 is 1.05 bits per heavy atom. The van der Waals surface area contributed by atoms with Crippen LogP contribution in [0.5, 0.6) is 0 Å². The SMILES string of the molecule is Cc1[nH]c2ccccc2c1[C@H](c1ccncc1)[NH+]1CCCC1. The first-order valence-electron chi connectivity index (χ1n) is 8.16. The summed E-state index contributed by atoms with van der Waals surface area (Å²) in [6.45, 7) is 4.72. The number of rotatable bonds is 3.